The summed E-state index contributed by atoms with van der Waals surface area (Å²) in [7, 11) is -3.66. The van der Waals surface area contributed by atoms with Crippen molar-refractivity contribution in [1.29, 1.82) is 0 Å². The van der Waals surface area contributed by atoms with E-state index in [0.29, 0.717) is 24.3 Å². The molecule has 2 fully saturated rings. The molecule has 0 amide bonds. The maximum atomic E-state index is 14.0. The maximum Gasteiger partial charge on any atom is 0.182 e. The molecule has 2 aliphatic rings. The second-order valence-corrected chi connectivity index (χ2v) is 11.7. The Kier molecular flexibility index (Phi) is 6.40. The maximum absolute atomic E-state index is 14.0. The van der Waals surface area contributed by atoms with Gasteiger partial charge in [0, 0.05) is 12.6 Å². The fourth-order valence-corrected chi connectivity index (χ4v) is 8.26. The molecule has 3 aromatic carbocycles. The molecule has 2 saturated heterocycles. The van der Waals surface area contributed by atoms with E-state index in [2.05, 4.69) is 4.90 Å². The molecule has 2 N–H and O–H groups in total. The monoisotopic (exact) mass is 489 g/mol. The Balaban J connectivity index is 1.72. The lowest BCUT2D eigenvalue weighted by Crippen LogP contribution is -2.62. The van der Waals surface area contributed by atoms with E-state index in [4.69, 9.17) is 0 Å². The lowest BCUT2D eigenvalue weighted by Gasteiger charge is -2.54. The van der Waals surface area contributed by atoms with Gasteiger partial charge in [-0.15, -0.1) is 0 Å². The highest BCUT2D eigenvalue weighted by Gasteiger charge is 2.67. The summed E-state index contributed by atoms with van der Waals surface area (Å²) in [5.41, 5.74) is -0.364. The number of rotatable bonds is 7. The topological polar surface area (TPSA) is 77.8 Å². The molecule has 6 heteroatoms. The molecule has 0 saturated carbocycles. The first-order valence-electron chi connectivity index (χ1n) is 12.1. The van der Waals surface area contributed by atoms with Crippen molar-refractivity contribution in [3.63, 3.8) is 0 Å². The first-order valence-corrected chi connectivity index (χ1v) is 13.6. The van der Waals surface area contributed by atoms with Gasteiger partial charge in [0.2, 0.25) is 0 Å². The predicted octanol–water partition coefficient (Wildman–Crippen LogP) is 4.07. The van der Waals surface area contributed by atoms with Gasteiger partial charge in [-0.2, -0.15) is 0 Å². The highest BCUT2D eigenvalue weighted by molar-refractivity contribution is 7.92. The largest absolute Gasteiger partial charge is 0.392 e. The summed E-state index contributed by atoms with van der Waals surface area (Å²) in [6.07, 6.45) is 4.47. The van der Waals surface area contributed by atoms with Crippen LogP contribution in [-0.2, 0) is 21.9 Å². The zero-order chi connectivity index (χ0) is 24.5. The lowest BCUT2D eigenvalue weighted by molar-refractivity contribution is -0.117. The average molecular weight is 490 g/mol. The lowest BCUT2D eigenvalue weighted by atomic mass is 9.69. The van der Waals surface area contributed by atoms with Crippen LogP contribution in [0.3, 0.4) is 0 Å². The number of sulfone groups is 1. The molecule has 3 aromatic rings. The quantitative estimate of drug-likeness (QED) is 0.489. The molecular formula is C29H31NO4S. The zero-order valence-electron chi connectivity index (χ0n) is 19.6. The fourth-order valence-electron chi connectivity index (χ4n) is 6.22. The summed E-state index contributed by atoms with van der Waals surface area (Å²) < 4.78 is 28.0. The van der Waals surface area contributed by atoms with Crippen LogP contribution in [0.25, 0.3) is 0 Å². The van der Waals surface area contributed by atoms with E-state index in [9.17, 15) is 18.6 Å². The Labute approximate surface area is 207 Å². The molecule has 2 aliphatic heterocycles. The van der Waals surface area contributed by atoms with Crippen LogP contribution in [0.1, 0.15) is 30.4 Å². The van der Waals surface area contributed by atoms with E-state index in [0.717, 1.165) is 11.1 Å². The Morgan fingerprint density at radius 1 is 0.914 bits per heavy atom. The van der Waals surface area contributed by atoms with Gasteiger partial charge >= 0.3 is 0 Å². The van der Waals surface area contributed by atoms with Crippen molar-refractivity contribution >= 4 is 9.84 Å². The third-order valence-electron chi connectivity index (χ3n) is 7.77. The molecule has 182 valence electrons. The molecule has 2 bridgehead atoms. The van der Waals surface area contributed by atoms with Crippen molar-refractivity contribution in [3.8, 4) is 0 Å². The van der Waals surface area contributed by atoms with E-state index < -0.39 is 26.2 Å². The molecule has 0 aliphatic carbocycles. The van der Waals surface area contributed by atoms with E-state index >= 15 is 0 Å². The molecule has 0 radical (unpaired) electrons. The van der Waals surface area contributed by atoms with Crippen molar-refractivity contribution in [2.75, 3.05) is 6.61 Å². The van der Waals surface area contributed by atoms with Crippen molar-refractivity contribution in [2.24, 2.45) is 0 Å². The second kappa shape index (κ2) is 9.36. The highest BCUT2D eigenvalue weighted by atomic mass is 32.2. The number of fused-ring (bicyclic) bond motifs is 2. The van der Waals surface area contributed by atoms with Gasteiger partial charge in [0.25, 0.3) is 0 Å². The van der Waals surface area contributed by atoms with Gasteiger partial charge in [-0.25, -0.2) is 8.42 Å². The van der Waals surface area contributed by atoms with Gasteiger partial charge in [-0.1, -0.05) is 91.0 Å². The molecular weight excluding hydrogens is 458 g/mol. The van der Waals surface area contributed by atoms with E-state index in [1.54, 1.807) is 36.4 Å². The minimum atomic E-state index is -3.66. The van der Waals surface area contributed by atoms with Gasteiger partial charge in [0.1, 0.15) is 5.60 Å². The van der Waals surface area contributed by atoms with E-state index in [-0.39, 0.29) is 19.1 Å². The number of aliphatic hydroxyl groups is 2. The summed E-state index contributed by atoms with van der Waals surface area (Å²) in [6.45, 7) is 0.317. The van der Waals surface area contributed by atoms with Crippen LogP contribution in [0.2, 0.25) is 0 Å². The Bertz CT molecular complexity index is 1280. The van der Waals surface area contributed by atoms with Crippen LogP contribution in [0, 0.1) is 0 Å². The molecule has 5 nitrogen and oxygen atoms in total. The summed E-state index contributed by atoms with van der Waals surface area (Å²) in [5, 5.41) is 21.1. The Morgan fingerprint density at radius 3 is 2.14 bits per heavy atom. The van der Waals surface area contributed by atoms with Crippen LogP contribution in [0.5, 0.6) is 0 Å². The van der Waals surface area contributed by atoms with Crippen LogP contribution in [0.15, 0.2) is 108 Å². The first-order chi connectivity index (χ1) is 16.9. The summed E-state index contributed by atoms with van der Waals surface area (Å²) in [6, 6.07) is 28.1. The van der Waals surface area contributed by atoms with Crippen LogP contribution < -0.4 is 0 Å². The van der Waals surface area contributed by atoms with E-state index in [1.165, 1.54) is 0 Å². The van der Waals surface area contributed by atoms with Crippen molar-refractivity contribution in [1.82, 2.24) is 4.90 Å². The van der Waals surface area contributed by atoms with Crippen LogP contribution >= 0.6 is 0 Å². The van der Waals surface area contributed by atoms with Gasteiger partial charge in [-0.3, -0.25) is 4.90 Å². The highest BCUT2D eigenvalue weighted by Crippen LogP contribution is 2.58. The Hall–Kier alpha value is -2.77. The molecule has 35 heavy (non-hydrogen) atoms. The minimum Gasteiger partial charge on any atom is -0.392 e. The number of hydrogen-bond donors (Lipinski definition) is 2. The summed E-state index contributed by atoms with van der Waals surface area (Å²) >= 11 is 0. The number of aliphatic hydroxyl groups excluding tert-OH is 1. The van der Waals surface area contributed by atoms with Gasteiger partial charge < -0.3 is 10.2 Å². The Morgan fingerprint density at radius 2 is 1.51 bits per heavy atom. The van der Waals surface area contributed by atoms with Crippen molar-refractivity contribution in [2.45, 2.75) is 53.1 Å². The molecule has 5 rings (SSSR count). The summed E-state index contributed by atoms with van der Waals surface area (Å²) in [4.78, 5) is 2.53. The molecule has 0 aromatic heterocycles. The first kappa shape index (κ1) is 23.9. The predicted molar refractivity (Wildman–Crippen MR) is 136 cm³/mol. The summed E-state index contributed by atoms with van der Waals surface area (Å²) in [5.74, 6) is 0. The molecule has 2 heterocycles. The molecule has 4 atom stereocenters. The average Bonchev–Trinajstić information content (AvgIpc) is 3.16. The van der Waals surface area contributed by atoms with Crippen molar-refractivity contribution in [3.05, 3.63) is 114 Å². The fraction of sp³-hybridized carbons (Fsp3) is 0.310. The normalized spacial score (nSPS) is 29.0. The van der Waals surface area contributed by atoms with Gasteiger partial charge in [0.05, 0.1) is 22.3 Å². The zero-order valence-corrected chi connectivity index (χ0v) is 20.4. The standard InChI is InChI=1S/C29H31NO4S/c31-20-10-18-28(32)19-17-26-27(35(33,34)25-15-8-3-9-16-25)21-29(28,24-13-6-2-7-14-24)30(26)22-23-11-4-1-5-12-23/h1-16,18,26-27,31-32H,17,19-22H2/t26-,27+,28-,29+/m0/s1. The number of hydrogen-bond acceptors (Lipinski definition) is 5. The molecule has 0 unspecified atom stereocenters. The van der Waals surface area contributed by atoms with Gasteiger partial charge in [-0.05, 0) is 42.5 Å². The third kappa shape index (κ3) is 3.95. The second-order valence-electron chi connectivity index (χ2n) is 9.56. The number of piperidine rings is 1. The van der Waals surface area contributed by atoms with Crippen molar-refractivity contribution < 1.29 is 18.6 Å². The molecule has 0 spiro atoms. The van der Waals surface area contributed by atoms with Gasteiger partial charge in [0.15, 0.2) is 9.84 Å². The third-order valence-corrected chi connectivity index (χ3v) is 9.98. The van der Waals surface area contributed by atoms with E-state index in [1.807, 2.05) is 66.7 Å². The SMILES string of the molecule is O=S(=O)(c1ccccc1)[C@@H]1C[C@]2(c3ccccc3)N(Cc3ccccc3)[C@H]1CC[C@@]2(O)C=CCO. The minimum absolute atomic E-state index is 0.193. The van der Waals surface area contributed by atoms with Crippen LogP contribution in [-0.4, -0.2) is 47.0 Å². The van der Waals surface area contributed by atoms with Crippen LogP contribution in [0.4, 0.5) is 0 Å². The smallest absolute Gasteiger partial charge is 0.182 e. The number of nitrogens with zero attached hydrogens (tertiary/aromatic N) is 1. The number of benzene rings is 3.